The van der Waals surface area contributed by atoms with Gasteiger partial charge < -0.3 is 10.4 Å². The third-order valence-corrected chi connectivity index (χ3v) is 2.00. The minimum Gasteiger partial charge on any atom is -0.480 e. The maximum Gasteiger partial charge on any atom is 0.326 e. The molecule has 0 unspecified atom stereocenters. The zero-order valence-corrected chi connectivity index (χ0v) is 8.61. The van der Waals surface area contributed by atoms with Crippen molar-refractivity contribution in [2.75, 3.05) is 0 Å². The molecular weight excluding hydrogens is 215 g/mol. The van der Waals surface area contributed by atoms with E-state index in [-0.39, 0.29) is 12.0 Å². The normalized spacial score (nSPS) is 11.9. The maximum atomic E-state index is 12.5. The lowest BCUT2D eigenvalue weighted by molar-refractivity contribution is -0.139. The fourth-order valence-corrected chi connectivity index (χ4v) is 1.09. The fraction of sp³-hybridized carbons (Fsp3) is 0.300. The van der Waals surface area contributed by atoms with E-state index in [2.05, 4.69) is 10.3 Å². The van der Waals surface area contributed by atoms with Crippen molar-refractivity contribution < 1.29 is 19.1 Å². The number of hydrogen-bond donors (Lipinski definition) is 2. The summed E-state index contributed by atoms with van der Waals surface area (Å²) >= 11 is 0. The van der Waals surface area contributed by atoms with Gasteiger partial charge in [0.1, 0.15) is 6.04 Å². The van der Waals surface area contributed by atoms with Crippen LogP contribution in [0.15, 0.2) is 18.3 Å². The van der Waals surface area contributed by atoms with Gasteiger partial charge in [-0.3, -0.25) is 4.79 Å². The van der Waals surface area contributed by atoms with E-state index in [9.17, 15) is 14.0 Å². The molecule has 0 aliphatic carbocycles. The largest absolute Gasteiger partial charge is 0.480 e. The number of carbonyl (C=O) groups excluding carboxylic acids is 1. The van der Waals surface area contributed by atoms with Gasteiger partial charge >= 0.3 is 5.97 Å². The minimum atomic E-state index is -1.11. The van der Waals surface area contributed by atoms with Crippen molar-refractivity contribution in [3.63, 3.8) is 0 Å². The van der Waals surface area contributed by atoms with Gasteiger partial charge in [0, 0.05) is 6.20 Å². The van der Waals surface area contributed by atoms with Gasteiger partial charge in [0.2, 0.25) is 5.95 Å². The van der Waals surface area contributed by atoms with E-state index in [0.717, 1.165) is 12.3 Å². The molecule has 0 saturated carbocycles. The molecule has 1 heterocycles. The Hall–Kier alpha value is -1.98. The van der Waals surface area contributed by atoms with Crippen LogP contribution in [-0.4, -0.2) is 28.0 Å². The molecule has 0 bridgehead atoms. The van der Waals surface area contributed by atoms with Crippen LogP contribution in [0.5, 0.6) is 0 Å². The molecule has 1 atom stereocenters. The number of nitrogens with zero attached hydrogens (tertiary/aromatic N) is 1. The first-order valence-electron chi connectivity index (χ1n) is 4.69. The molecule has 0 aliphatic rings. The average molecular weight is 226 g/mol. The summed E-state index contributed by atoms with van der Waals surface area (Å²) in [6.45, 7) is 1.64. The van der Waals surface area contributed by atoms with Crippen LogP contribution >= 0.6 is 0 Å². The van der Waals surface area contributed by atoms with Gasteiger partial charge in [-0.2, -0.15) is 4.39 Å². The van der Waals surface area contributed by atoms with Crippen LogP contribution in [0.2, 0.25) is 0 Å². The third-order valence-electron chi connectivity index (χ3n) is 2.00. The predicted octanol–water partition coefficient (Wildman–Crippen LogP) is 0.814. The standard InChI is InChI=1S/C10H11FN2O3/c1-2-7(10(15)16)13-9(14)6-3-4-8(11)12-5-6/h3-5,7H,2H2,1H3,(H,13,14)(H,15,16)/t7-/m0/s1. The van der Waals surface area contributed by atoms with Crippen molar-refractivity contribution in [2.45, 2.75) is 19.4 Å². The fourth-order valence-electron chi connectivity index (χ4n) is 1.09. The molecule has 0 radical (unpaired) electrons. The summed E-state index contributed by atoms with van der Waals surface area (Å²) in [5.41, 5.74) is 0.126. The van der Waals surface area contributed by atoms with Crippen molar-refractivity contribution in [1.82, 2.24) is 10.3 Å². The summed E-state index contributed by atoms with van der Waals surface area (Å²) in [5.74, 6) is -2.38. The second-order valence-electron chi connectivity index (χ2n) is 3.14. The molecule has 86 valence electrons. The van der Waals surface area contributed by atoms with Gasteiger partial charge in [-0.25, -0.2) is 9.78 Å². The Bertz CT molecular complexity index is 392. The summed E-state index contributed by atoms with van der Waals surface area (Å²) in [4.78, 5) is 25.5. The number of rotatable bonds is 4. The number of amides is 1. The SMILES string of the molecule is CC[C@H](NC(=O)c1ccc(F)nc1)C(=O)O. The van der Waals surface area contributed by atoms with E-state index in [4.69, 9.17) is 5.11 Å². The lowest BCUT2D eigenvalue weighted by Gasteiger charge is -2.11. The zero-order valence-electron chi connectivity index (χ0n) is 8.61. The molecule has 1 rings (SSSR count). The molecule has 16 heavy (non-hydrogen) atoms. The maximum absolute atomic E-state index is 12.5. The molecule has 5 nitrogen and oxygen atoms in total. The van der Waals surface area contributed by atoms with Gasteiger partial charge in [-0.05, 0) is 18.6 Å². The number of halogens is 1. The van der Waals surface area contributed by atoms with Crippen molar-refractivity contribution in [2.24, 2.45) is 0 Å². The van der Waals surface area contributed by atoms with Crippen LogP contribution < -0.4 is 5.32 Å². The Morgan fingerprint density at radius 1 is 1.56 bits per heavy atom. The van der Waals surface area contributed by atoms with Gasteiger partial charge in [0.15, 0.2) is 0 Å². The van der Waals surface area contributed by atoms with Crippen LogP contribution in [0.3, 0.4) is 0 Å². The number of aliphatic carboxylic acids is 1. The van der Waals surface area contributed by atoms with E-state index >= 15 is 0 Å². The number of pyridine rings is 1. The number of nitrogens with one attached hydrogen (secondary N) is 1. The Morgan fingerprint density at radius 2 is 2.25 bits per heavy atom. The van der Waals surface area contributed by atoms with E-state index in [0.29, 0.717) is 0 Å². The molecule has 1 amide bonds. The van der Waals surface area contributed by atoms with Gasteiger partial charge in [-0.1, -0.05) is 6.92 Å². The van der Waals surface area contributed by atoms with Crippen LogP contribution in [0.25, 0.3) is 0 Å². The molecule has 0 saturated heterocycles. The quantitative estimate of drug-likeness (QED) is 0.745. The lowest BCUT2D eigenvalue weighted by Crippen LogP contribution is -2.40. The summed E-state index contributed by atoms with van der Waals surface area (Å²) in [6, 6.07) is 1.33. The van der Waals surface area contributed by atoms with E-state index in [1.165, 1.54) is 6.07 Å². The number of carboxylic acids is 1. The first kappa shape index (κ1) is 12.1. The number of carboxylic acid groups (broad SMARTS) is 1. The van der Waals surface area contributed by atoms with Crippen molar-refractivity contribution in [1.29, 1.82) is 0 Å². The molecule has 6 heteroatoms. The number of hydrogen-bond acceptors (Lipinski definition) is 3. The smallest absolute Gasteiger partial charge is 0.326 e. The first-order chi connectivity index (χ1) is 7.54. The van der Waals surface area contributed by atoms with Gasteiger partial charge in [-0.15, -0.1) is 0 Å². The van der Waals surface area contributed by atoms with E-state index in [1.807, 2.05) is 0 Å². The van der Waals surface area contributed by atoms with Crippen LogP contribution in [0.4, 0.5) is 4.39 Å². The predicted molar refractivity (Wildman–Crippen MR) is 53.4 cm³/mol. The van der Waals surface area contributed by atoms with E-state index < -0.39 is 23.9 Å². The molecular formula is C10H11FN2O3. The molecule has 0 fully saturated rings. The Balaban J connectivity index is 2.71. The number of carbonyl (C=O) groups is 2. The summed E-state index contributed by atoms with van der Waals surface area (Å²) in [7, 11) is 0. The first-order valence-corrected chi connectivity index (χ1v) is 4.69. The van der Waals surface area contributed by atoms with Crippen molar-refractivity contribution in [3.05, 3.63) is 29.8 Å². The van der Waals surface area contributed by atoms with Crippen molar-refractivity contribution >= 4 is 11.9 Å². The summed E-state index contributed by atoms with van der Waals surface area (Å²) in [5, 5.41) is 11.0. The van der Waals surface area contributed by atoms with Crippen LogP contribution in [0, 0.1) is 5.95 Å². The highest BCUT2D eigenvalue weighted by Crippen LogP contribution is 2.00. The average Bonchev–Trinajstić information content (AvgIpc) is 2.26. The number of aromatic nitrogens is 1. The highest BCUT2D eigenvalue weighted by Gasteiger charge is 2.18. The topological polar surface area (TPSA) is 79.3 Å². The second-order valence-corrected chi connectivity index (χ2v) is 3.14. The molecule has 1 aromatic heterocycles. The van der Waals surface area contributed by atoms with E-state index in [1.54, 1.807) is 6.92 Å². The lowest BCUT2D eigenvalue weighted by atomic mass is 10.2. The molecule has 0 aliphatic heterocycles. The Morgan fingerprint density at radius 3 is 2.69 bits per heavy atom. The second kappa shape index (κ2) is 5.20. The molecule has 0 aromatic carbocycles. The van der Waals surface area contributed by atoms with Crippen LogP contribution in [-0.2, 0) is 4.79 Å². The summed E-state index contributed by atoms with van der Waals surface area (Å²) in [6.07, 6.45) is 1.33. The third kappa shape index (κ3) is 3.01. The minimum absolute atomic E-state index is 0.126. The monoisotopic (exact) mass is 226 g/mol. The van der Waals surface area contributed by atoms with Gasteiger partial charge in [0.05, 0.1) is 5.56 Å². The summed E-state index contributed by atoms with van der Waals surface area (Å²) < 4.78 is 12.5. The Labute approximate surface area is 91.3 Å². The van der Waals surface area contributed by atoms with Gasteiger partial charge in [0.25, 0.3) is 5.91 Å². The van der Waals surface area contributed by atoms with Crippen LogP contribution in [0.1, 0.15) is 23.7 Å². The molecule has 2 N–H and O–H groups in total. The highest BCUT2D eigenvalue weighted by atomic mass is 19.1. The molecule has 0 spiro atoms. The Kier molecular flexibility index (Phi) is 3.93. The highest BCUT2D eigenvalue weighted by molar-refractivity contribution is 5.96. The molecule has 1 aromatic rings. The van der Waals surface area contributed by atoms with Crippen molar-refractivity contribution in [3.8, 4) is 0 Å². The zero-order chi connectivity index (χ0) is 12.1.